The van der Waals surface area contributed by atoms with E-state index in [2.05, 4.69) is 10.1 Å². The molecule has 0 saturated heterocycles. The van der Waals surface area contributed by atoms with E-state index in [4.69, 9.17) is 11.6 Å². The molecule has 2 aromatic rings. The van der Waals surface area contributed by atoms with Crippen molar-refractivity contribution in [2.75, 3.05) is 17.2 Å². The molecule has 0 aliphatic heterocycles. The van der Waals surface area contributed by atoms with Gasteiger partial charge >= 0.3 is 6.18 Å². The van der Waals surface area contributed by atoms with Crippen molar-refractivity contribution in [1.29, 1.82) is 0 Å². The molecule has 5 nitrogen and oxygen atoms in total. The van der Waals surface area contributed by atoms with Gasteiger partial charge in [0.15, 0.2) is 5.15 Å². The molecule has 0 radical (unpaired) electrons. The lowest BCUT2D eigenvalue weighted by molar-refractivity contribution is -0.138. The third kappa shape index (κ3) is 5.20. The van der Waals surface area contributed by atoms with Crippen molar-refractivity contribution >= 4 is 35.0 Å². The quantitative estimate of drug-likeness (QED) is 0.604. The predicted molar refractivity (Wildman–Crippen MR) is 104 cm³/mol. The average Bonchev–Trinajstić information content (AvgIpc) is 3.39. The molecular formula is C18H20ClF3N4OS. The average molecular weight is 433 g/mol. The van der Waals surface area contributed by atoms with E-state index in [1.165, 1.54) is 9.58 Å². The Kier molecular flexibility index (Phi) is 6.54. The van der Waals surface area contributed by atoms with Crippen LogP contribution in [0.2, 0.25) is 5.15 Å². The maximum Gasteiger partial charge on any atom is 0.401 e. The lowest BCUT2D eigenvalue weighted by Crippen LogP contribution is -2.38. The second-order valence-electron chi connectivity index (χ2n) is 6.60. The van der Waals surface area contributed by atoms with E-state index in [1.54, 1.807) is 37.6 Å². The highest BCUT2D eigenvalue weighted by Gasteiger charge is 2.42. The highest BCUT2D eigenvalue weighted by atomic mass is 35.5. The molecule has 0 spiro atoms. The fourth-order valence-electron chi connectivity index (χ4n) is 2.78. The van der Waals surface area contributed by atoms with Crippen molar-refractivity contribution in [3.8, 4) is 5.69 Å². The molecule has 1 saturated carbocycles. The summed E-state index contributed by atoms with van der Waals surface area (Å²) in [5.41, 5.74) is 0.967. The van der Waals surface area contributed by atoms with Gasteiger partial charge < -0.3 is 4.90 Å². The fourth-order valence-corrected chi connectivity index (χ4v) is 3.86. The Bertz CT molecular complexity index is 811. The largest absolute Gasteiger partial charge is 0.401 e. The topological polar surface area (TPSA) is 51.0 Å². The van der Waals surface area contributed by atoms with Crippen LogP contribution >= 0.6 is 23.4 Å². The van der Waals surface area contributed by atoms with Gasteiger partial charge in [-0.15, -0.1) is 11.8 Å². The number of hydrogen-bond acceptors (Lipinski definition) is 4. The first kappa shape index (κ1) is 21.0. The number of halogens is 4. The third-order valence-corrected chi connectivity index (χ3v) is 5.82. The molecule has 2 aromatic heterocycles. The number of amides is 1. The first-order valence-electron chi connectivity index (χ1n) is 8.93. The highest BCUT2D eigenvalue weighted by Crippen LogP contribution is 2.37. The second kappa shape index (κ2) is 8.73. The minimum absolute atomic E-state index is 0.0737. The molecule has 1 amide bonds. The van der Waals surface area contributed by atoms with Gasteiger partial charge in [0.2, 0.25) is 5.91 Å². The molecule has 28 heavy (non-hydrogen) atoms. The first-order valence-corrected chi connectivity index (χ1v) is 10.4. The lowest BCUT2D eigenvalue weighted by Gasteiger charge is -2.25. The van der Waals surface area contributed by atoms with E-state index in [-0.39, 0.29) is 16.8 Å². The molecular weight excluding hydrogens is 413 g/mol. The van der Waals surface area contributed by atoms with Crippen LogP contribution in [0.3, 0.4) is 0 Å². The number of carbonyl (C=O) groups is 1. The Balaban J connectivity index is 1.86. The summed E-state index contributed by atoms with van der Waals surface area (Å²) < 4.78 is 41.3. The summed E-state index contributed by atoms with van der Waals surface area (Å²) >= 11 is 6.98. The van der Waals surface area contributed by atoms with Crippen LogP contribution in [-0.2, 0) is 4.79 Å². The van der Waals surface area contributed by atoms with Crippen LogP contribution in [0, 0.1) is 5.92 Å². The Morgan fingerprint density at radius 3 is 2.79 bits per heavy atom. The Morgan fingerprint density at radius 1 is 1.46 bits per heavy atom. The minimum atomic E-state index is -4.44. The smallest absolute Gasteiger partial charge is 0.308 e. The fraction of sp³-hybridized carbons (Fsp3) is 0.500. The molecule has 1 aliphatic rings. The summed E-state index contributed by atoms with van der Waals surface area (Å²) in [5.74, 6) is -0.0347. The van der Waals surface area contributed by atoms with Crippen molar-refractivity contribution in [1.82, 2.24) is 14.8 Å². The van der Waals surface area contributed by atoms with Crippen LogP contribution in [0.4, 0.5) is 18.9 Å². The van der Waals surface area contributed by atoms with Crippen molar-refractivity contribution in [2.45, 2.75) is 37.6 Å². The molecule has 10 heteroatoms. The van der Waals surface area contributed by atoms with E-state index in [9.17, 15) is 18.0 Å². The van der Waals surface area contributed by atoms with Gasteiger partial charge in [-0.2, -0.15) is 18.3 Å². The van der Waals surface area contributed by atoms with E-state index in [1.807, 2.05) is 0 Å². The Hall–Kier alpha value is -1.74. The Morgan fingerprint density at radius 2 is 2.21 bits per heavy atom. The monoisotopic (exact) mass is 432 g/mol. The third-order valence-electron chi connectivity index (χ3n) is 4.38. The van der Waals surface area contributed by atoms with Gasteiger partial charge in [0.05, 0.1) is 18.1 Å². The summed E-state index contributed by atoms with van der Waals surface area (Å²) in [4.78, 5) is 18.2. The van der Waals surface area contributed by atoms with Crippen LogP contribution < -0.4 is 4.90 Å². The van der Waals surface area contributed by atoms with Gasteiger partial charge in [-0.05, 0) is 36.6 Å². The van der Waals surface area contributed by atoms with Gasteiger partial charge in [0.25, 0.3) is 0 Å². The maximum absolute atomic E-state index is 13.3. The molecule has 152 valence electrons. The van der Waals surface area contributed by atoms with Crippen molar-refractivity contribution in [2.24, 2.45) is 5.92 Å². The number of carbonyl (C=O) groups excluding carboxylic acids is 1. The summed E-state index contributed by atoms with van der Waals surface area (Å²) in [5, 5.41) is 2.53. The van der Waals surface area contributed by atoms with E-state index in [0.29, 0.717) is 17.9 Å². The van der Waals surface area contributed by atoms with E-state index in [0.717, 1.165) is 24.6 Å². The molecule has 0 N–H and O–H groups in total. The number of aromatic nitrogens is 3. The van der Waals surface area contributed by atoms with Gasteiger partial charge in [0, 0.05) is 19.2 Å². The zero-order chi connectivity index (χ0) is 20.3. The second-order valence-corrected chi connectivity index (χ2v) is 8.44. The number of thioether (sulfide) groups is 1. The number of anilines is 1. The normalized spacial score (nSPS) is 15.5. The number of nitrogens with zero attached hydrogens (tertiary/aromatic N) is 4. The first-order chi connectivity index (χ1) is 13.3. The highest BCUT2D eigenvalue weighted by molar-refractivity contribution is 7.99. The minimum Gasteiger partial charge on any atom is -0.308 e. The number of alkyl halides is 3. The summed E-state index contributed by atoms with van der Waals surface area (Å²) in [6.45, 7) is 1.99. The molecule has 1 fully saturated rings. The SMILES string of the molecule is CCSC(CC(=O)N(CC1CC1)c1cn(-c2cccnc2)nc1Cl)C(F)(F)F. The Labute approximate surface area is 170 Å². The molecule has 0 bridgehead atoms. The zero-order valence-corrected chi connectivity index (χ0v) is 16.8. The van der Waals surface area contributed by atoms with Crippen LogP contribution in [0.25, 0.3) is 5.69 Å². The molecule has 2 heterocycles. The summed E-state index contributed by atoms with van der Waals surface area (Å²) in [7, 11) is 0. The standard InChI is InChI=1S/C18H20ClF3N4OS/c1-2-28-15(18(20,21)22)8-16(27)25(10-12-5-6-12)14-11-26(24-17(14)19)13-4-3-7-23-9-13/h3-4,7,9,11-12,15H,2,5-6,8,10H2,1H3. The molecule has 0 aromatic carbocycles. The van der Waals surface area contributed by atoms with Gasteiger partial charge in [-0.1, -0.05) is 18.5 Å². The van der Waals surface area contributed by atoms with Crippen LogP contribution in [0.1, 0.15) is 26.2 Å². The lowest BCUT2D eigenvalue weighted by atomic mass is 10.2. The summed E-state index contributed by atoms with van der Waals surface area (Å²) in [6, 6.07) is 3.50. The van der Waals surface area contributed by atoms with Crippen LogP contribution in [0.15, 0.2) is 30.7 Å². The number of pyridine rings is 1. The molecule has 1 aliphatic carbocycles. The summed E-state index contributed by atoms with van der Waals surface area (Å²) in [6.07, 6.45) is 1.59. The van der Waals surface area contributed by atoms with E-state index >= 15 is 0 Å². The molecule has 1 atom stereocenters. The van der Waals surface area contributed by atoms with Gasteiger partial charge in [-0.25, -0.2) is 4.68 Å². The van der Waals surface area contributed by atoms with Crippen LogP contribution in [-0.4, -0.2) is 44.4 Å². The van der Waals surface area contributed by atoms with Crippen molar-refractivity contribution in [3.63, 3.8) is 0 Å². The van der Waals surface area contributed by atoms with Crippen LogP contribution in [0.5, 0.6) is 0 Å². The number of rotatable bonds is 8. The zero-order valence-electron chi connectivity index (χ0n) is 15.2. The number of hydrogen-bond donors (Lipinski definition) is 0. The van der Waals surface area contributed by atoms with Crippen molar-refractivity contribution in [3.05, 3.63) is 35.9 Å². The molecule has 1 unspecified atom stereocenters. The van der Waals surface area contributed by atoms with E-state index < -0.39 is 23.8 Å². The molecule has 3 rings (SSSR count). The van der Waals surface area contributed by atoms with Gasteiger partial charge in [0.1, 0.15) is 10.9 Å². The van der Waals surface area contributed by atoms with Gasteiger partial charge in [-0.3, -0.25) is 9.78 Å². The van der Waals surface area contributed by atoms with Crippen molar-refractivity contribution < 1.29 is 18.0 Å². The maximum atomic E-state index is 13.3. The predicted octanol–water partition coefficient (Wildman–Crippen LogP) is 4.74.